The van der Waals surface area contributed by atoms with Crippen LogP contribution in [0.15, 0.2) is 53.4 Å². The van der Waals surface area contributed by atoms with Gasteiger partial charge >= 0.3 is 0 Å². The fourth-order valence-corrected chi connectivity index (χ4v) is 6.06. The number of hydrogen-bond acceptors (Lipinski definition) is 3. The lowest BCUT2D eigenvalue weighted by molar-refractivity contribution is 0.434. The summed E-state index contributed by atoms with van der Waals surface area (Å²) in [7, 11) is -3.57. The van der Waals surface area contributed by atoms with Crippen LogP contribution in [-0.2, 0) is 10.0 Å². The maximum absolute atomic E-state index is 12.9. The summed E-state index contributed by atoms with van der Waals surface area (Å²) >= 11 is 13.6. The number of rotatable bonds is 3. The molecule has 116 valence electrons. The van der Waals surface area contributed by atoms with Crippen molar-refractivity contribution in [3.63, 3.8) is 0 Å². The van der Waals surface area contributed by atoms with E-state index in [1.165, 1.54) is 16.4 Å². The largest absolute Gasteiger partial charge is 0.244 e. The molecule has 1 aliphatic heterocycles. The number of benzene rings is 2. The minimum absolute atomic E-state index is 0.247. The van der Waals surface area contributed by atoms with Crippen LogP contribution in [-0.4, -0.2) is 25.0 Å². The molecule has 1 aliphatic rings. The molecule has 0 bridgehead atoms. The van der Waals surface area contributed by atoms with Crippen LogP contribution < -0.4 is 0 Å². The number of thioether (sulfide) groups is 1. The van der Waals surface area contributed by atoms with Crippen LogP contribution in [0.4, 0.5) is 0 Å². The summed E-state index contributed by atoms with van der Waals surface area (Å²) in [5, 5.41) is 0.796. The lowest BCUT2D eigenvalue weighted by Crippen LogP contribution is -2.30. The molecular formula is C15H13Cl2NO2S2. The van der Waals surface area contributed by atoms with E-state index < -0.39 is 10.0 Å². The van der Waals surface area contributed by atoms with Crippen molar-refractivity contribution in [2.75, 3.05) is 12.3 Å². The van der Waals surface area contributed by atoms with Crippen LogP contribution in [0, 0.1) is 0 Å². The third kappa shape index (κ3) is 3.01. The zero-order chi connectivity index (χ0) is 15.7. The number of sulfonamides is 1. The van der Waals surface area contributed by atoms with Gasteiger partial charge in [-0.15, -0.1) is 11.8 Å². The van der Waals surface area contributed by atoms with E-state index in [9.17, 15) is 8.42 Å². The monoisotopic (exact) mass is 373 g/mol. The molecule has 0 radical (unpaired) electrons. The van der Waals surface area contributed by atoms with Crippen LogP contribution >= 0.6 is 35.0 Å². The van der Waals surface area contributed by atoms with E-state index in [1.807, 2.05) is 18.2 Å². The summed E-state index contributed by atoms with van der Waals surface area (Å²) < 4.78 is 27.2. The summed E-state index contributed by atoms with van der Waals surface area (Å²) in [5.74, 6) is 0.739. The van der Waals surface area contributed by atoms with Crippen LogP contribution in [0.5, 0.6) is 0 Å². The topological polar surface area (TPSA) is 37.4 Å². The van der Waals surface area contributed by atoms with Crippen LogP contribution in [0.2, 0.25) is 10.0 Å². The van der Waals surface area contributed by atoms with Crippen molar-refractivity contribution in [2.24, 2.45) is 0 Å². The molecule has 0 amide bonds. The van der Waals surface area contributed by atoms with Crippen LogP contribution in [0.1, 0.15) is 10.9 Å². The molecule has 0 aromatic heterocycles. The van der Waals surface area contributed by atoms with E-state index in [-0.39, 0.29) is 10.3 Å². The van der Waals surface area contributed by atoms with Crippen molar-refractivity contribution in [1.82, 2.24) is 4.31 Å². The minimum Gasteiger partial charge on any atom is -0.207 e. The average Bonchev–Trinajstić information content (AvgIpc) is 2.98. The van der Waals surface area contributed by atoms with Gasteiger partial charge in [-0.1, -0.05) is 41.4 Å². The molecular weight excluding hydrogens is 361 g/mol. The zero-order valence-corrected chi connectivity index (χ0v) is 14.6. The molecule has 0 spiro atoms. The molecule has 3 nitrogen and oxygen atoms in total. The van der Waals surface area contributed by atoms with Gasteiger partial charge in [0.1, 0.15) is 0 Å². The Morgan fingerprint density at radius 2 is 1.73 bits per heavy atom. The van der Waals surface area contributed by atoms with E-state index in [2.05, 4.69) is 0 Å². The highest BCUT2D eigenvalue weighted by Crippen LogP contribution is 2.43. The van der Waals surface area contributed by atoms with Gasteiger partial charge in [0.05, 0.1) is 10.3 Å². The minimum atomic E-state index is -3.57. The quantitative estimate of drug-likeness (QED) is 0.798. The molecule has 3 rings (SSSR count). The van der Waals surface area contributed by atoms with Gasteiger partial charge in [0.2, 0.25) is 10.0 Å². The summed E-state index contributed by atoms with van der Waals surface area (Å²) in [5.41, 5.74) is 0.823. The summed E-state index contributed by atoms with van der Waals surface area (Å²) in [6.45, 7) is 0.464. The predicted octanol–water partition coefficient (Wildman–Crippen LogP) is 4.43. The Morgan fingerprint density at radius 1 is 1.05 bits per heavy atom. The van der Waals surface area contributed by atoms with E-state index in [0.717, 1.165) is 11.3 Å². The number of halogens is 2. The van der Waals surface area contributed by atoms with Crippen molar-refractivity contribution in [1.29, 1.82) is 0 Å². The van der Waals surface area contributed by atoms with Gasteiger partial charge in [0.15, 0.2) is 0 Å². The zero-order valence-electron chi connectivity index (χ0n) is 11.4. The molecule has 0 unspecified atom stereocenters. The fourth-order valence-electron chi connectivity index (χ4n) is 2.36. The second kappa shape index (κ2) is 6.42. The van der Waals surface area contributed by atoms with Gasteiger partial charge in [-0.05, 0) is 35.9 Å². The molecule has 0 saturated carbocycles. The van der Waals surface area contributed by atoms with Crippen molar-refractivity contribution in [2.45, 2.75) is 10.3 Å². The Kier molecular flexibility index (Phi) is 4.71. The van der Waals surface area contributed by atoms with Gasteiger partial charge in [-0.3, -0.25) is 0 Å². The maximum Gasteiger partial charge on any atom is 0.244 e. The first-order valence-corrected chi connectivity index (χ1v) is 9.88. The van der Waals surface area contributed by atoms with Crippen LogP contribution in [0.25, 0.3) is 0 Å². The Balaban J connectivity index is 1.99. The highest BCUT2D eigenvalue weighted by Gasteiger charge is 2.37. The summed E-state index contributed by atoms with van der Waals surface area (Å²) in [4.78, 5) is 0.247. The molecule has 22 heavy (non-hydrogen) atoms. The van der Waals surface area contributed by atoms with Crippen LogP contribution in [0.3, 0.4) is 0 Å². The molecule has 2 aromatic carbocycles. The highest BCUT2D eigenvalue weighted by molar-refractivity contribution is 8.01. The first-order valence-electron chi connectivity index (χ1n) is 6.63. The molecule has 1 saturated heterocycles. The van der Waals surface area contributed by atoms with E-state index in [1.54, 1.807) is 30.0 Å². The Bertz CT molecular complexity index is 778. The lowest BCUT2D eigenvalue weighted by atomic mass is 10.2. The van der Waals surface area contributed by atoms with Crippen molar-refractivity contribution in [3.05, 3.63) is 64.1 Å². The third-order valence-electron chi connectivity index (χ3n) is 3.44. The molecule has 0 aliphatic carbocycles. The molecule has 7 heteroatoms. The number of hydrogen-bond donors (Lipinski definition) is 0. The Morgan fingerprint density at radius 3 is 2.41 bits per heavy atom. The van der Waals surface area contributed by atoms with Gasteiger partial charge in [-0.2, -0.15) is 4.31 Å². The second-order valence-corrected chi connectivity index (χ2v) is 8.74. The fraction of sp³-hybridized carbons (Fsp3) is 0.200. The third-order valence-corrected chi connectivity index (χ3v) is 7.29. The molecule has 1 atom stereocenters. The first kappa shape index (κ1) is 16.1. The average molecular weight is 374 g/mol. The SMILES string of the molecule is O=S(=O)(c1ccc(Cl)cc1)N1CCS[C@@H]1c1ccccc1Cl. The van der Waals surface area contributed by atoms with E-state index in [0.29, 0.717) is 16.6 Å². The second-order valence-electron chi connectivity index (χ2n) is 4.81. The molecule has 2 aromatic rings. The van der Waals surface area contributed by atoms with Crippen molar-refractivity contribution in [3.8, 4) is 0 Å². The molecule has 1 heterocycles. The van der Waals surface area contributed by atoms with E-state index >= 15 is 0 Å². The Labute approximate surface area is 144 Å². The highest BCUT2D eigenvalue weighted by atomic mass is 35.5. The Hall–Kier alpha value is -0.720. The van der Waals surface area contributed by atoms with Gasteiger partial charge in [0, 0.05) is 22.3 Å². The first-order chi connectivity index (χ1) is 10.5. The van der Waals surface area contributed by atoms with Crippen molar-refractivity contribution < 1.29 is 8.42 Å². The van der Waals surface area contributed by atoms with Gasteiger partial charge in [-0.25, -0.2) is 8.42 Å². The molecule has 0 N–H and O–H groups in total. The standard InChI is InChI=1S/C15H13Cl2NO2S2/c16-11-5-7-12(8-6-11)22(19,20)18-9-10-21-15(18)13-3-1-2-4-14(13)17/h1-8,15H,9-10H2/t15-/m1/s1. The lowest BCUT2D eigenvalue weighted by Gasteiger charge is -2.24. The van der Waals surface area contributed by atoms with E-state index in [4.69, 9.17) is 23.2 Å². The predicted molar refractivity (Wildman–Crippen MR) is 92.0 cm³/mol. The summed E-state index contributed by atoms with van der Waals surface area (Å²) in [6.07, 6.45) is 0. The number of nitrogens with zero attached hydrogens (tertiary/aromatic N) is 1. The van der Waals surface area contributed by atoms with Gasteiger partial charge in [0.25, 0.3) is 0 Å². The molecule has 1 fully saturated rings. The maximum atomic E-state index is 12.9. The van der Waals surface area contributed by atoms with Crippen molar-refractivity contribution >= 4 is 45.0 Å². The normalized spacial score (nSPS) is 19.5. The smallest absolute Gasteiger partial charge is 0.207 e. The van der Waals surface area contributed by atoms with Gasteiger partial charge < -0.3 is 0 Å². The summed E-state index contributed by atoms with van der Waals surface area (Å²) in [6, 6.07) is 13.6.